The molecule has 0 aromatic carbocycles. The molecule has 0 radical (unpaired) electrons. The monoisotopic (exact) mass is 202 g/mol. The molecule has 0 heterocycles. The van der Waals surface area contributed by atoms with E-state index < -0.39 is 0 Å². The van der Waals surface area contributed by atoms with Gasteiger partial charge in [0.15, 0.2) is 0 Å². The third-order valence-electron chi connectivity index (χ3n) is 2.48. The van der Waals surface area contributed by atoms with Gasteiger partial charge in [-0.05, 0) is 30.6 Å². The van der Waals surface area contributed by atoms with Crippen molar-refractivity contribution < 1.29 is 0 Å². The van der Waals surface area contributed by atoms with Gasteiger partial charge in [0.05, 0.1) is 0 Å². The molecule has 1 heteroatoms. The van der Waals surface area contributed by atoms with Crippen LogP contribution in [0.25, 0.3) is 0 Å². The fourth-order valence-electron chi connectivity index (χ4n) is 1.44. The van der Waals surface area contributed by atoms with E-state index in [1.54, 1.807) is 0 Å². The van der Waals surface area contributed by atoms with Crippen LogP contribution in [0.15, 0.2) is 12.7 Å². The van der Waals surface area contributed by atoms with Crippen molar-refractivity contribution in [1.82, 2.24) is 0 Å². The van der Waals surface area contributed by atoms with E-state index in [1.807, 2.05) is 6.08 Å². The highest BCUT2D eigenvalue weighted by molar-refractivity contribution is 9.09. The molecular weight excluding hydrogens is 188 g/mol. The maximum absolute atomic E-state index is 3.78. The predicted molar refractivity (Wildman–Crippen MR) is 49.4 cm³/mol. The average Bonchev–Trinajstić information content (AvgIpc) is 2.69. The van der Waals surface area contributed by atoms with E-state index in [0.717, 1.165) is 17.7 Å². The Labute approximate surface area is 71.8 Å². The summed E-state index contributed by atoms with van der Waals surface area (Å²) in [6.45, 7) is 6.13. The van der Waals surface area contributed by atoms with Crippen LogP contribution in [0, 0.1) is 11.3 Å². The summed E-state index contributed by atoms with van der Waals surface area (Å²) in [6, 6.07) is 0. The summed E-state index contributed by atoms with van der Waals surface area (Å²) in [5.74, 6) is 0.963. The molecule has 0 spiro atoms. The van der Waals surface area contributed by atoms with Crippen LogP contribution < -0.4 is 0 Å². The minimum atomic E-state index is 0.502. The number of halogens is 1. The first-order valence-corrected chi connectivity index (χ1v) is 5.02. The average molecular weight is 203 g/mol. The lowest BCUT2D eigenvalue weighted by molar-refractivity contribution is 0.326. The van der Waals surface area contributed by atoms with Gasteiger partial charge in [0.1, 0.15) is 0 Å². The minimum absolute atomic E-state index is 0.502. The van der Waals surface area contributed by atoms with E-state index in [1.165, 1.54) is 12.8 Å². The molecule has 1 unspecified atom stereocenters. The van der Waals surface area contributed by atoms with Crippen LogP contribution in [0.5, 0.6) is 0 Å². The number of alkyl halides is 1. The molecule has 0 nitrogen and oxygen atoms in total. The minimum Gasteiger partial charge on any atom is -0.103 e. The molecular formula is C9H15Br. The van der Waals surface area contributed by atoms with Gasteiger partial charge in [0.25, 0.3) is 0 Å². The Morgan fingerprint density at radius 3 is 2.60 bits per heavy atom. The van der Waals surface area contributed by atoms with E-state index in [2.05, 4.69) is 29.4 Å². The Balaban J connectivity index is 2.46. The van der Waals surface area contributed by atoms with Gasteiger partial charge in [-0.3, -0.25) is 0 Å². The van der Waals surface area contributed by atoms with Gasteiger partial charge in [-0.15, -0.1) is 6.58 Å². The van der Waals surface area contributed by atoms with Gasteiger partial charge in [0.2, 0.25) is 0 Å². The first kappa shape index (κ1) is 8.32. The van der Waals surface area contributed by atoms with Crippen molar-refractivity contribution in [2.45, 2.75) is 26.2 Å². The van der Waals surface area contributed by atoms with Crippen molar-refractivity contribution in [2.75, 3.05) is 5.33 Å². The second-order valence-corrected chi connectivity index (χ2v) is 4.12. The van der Waals surface area contributed by atoms with Crippen LogP contribution >= 0.6 is 15.9 Å². The largest absolute Gasteiger partial charge is 0.103 e. The van der Waals surface area contributed by atoms with Crippen LogP contribution in [-0.4, -0.2) is 5.33 Å². The Kier molecular flexibility index (Phi) is 2.56. The second kappa shape index (κ2) is 3.08. The van der Waals surface area contributed by atoms with Gasteiger partial charge in [-0.25, -0.2) is 0 Å². The maximum atomic E-state index is 3.78. The molecule has 1 aliphatic rings. The molecule has 0 saturated heterocycles. The first-order chi connectivity index (χ1) is 4.73. The van der Waals surface area contributed by atoms with Crippen molar-refractivity contribution in [3.8, 4) is 0 Å². The zero-order valence-electron chi connectivity index (χ0n) is 6.57. The third-order valence-corrected chi connectivity index (χ3v) is 3.76. The van der Waals surface area contributed by atoms with Crippen LogP contribution in [0.1, 0.15) is 26.2 Å². The van der Waals surface area contributed by atoms with Gasteiger partial charge in [-0.2, -0.15) is 0 Å². The van der Waals surface area contributed by atoms with Crippen LogP contribution in [0.4, 0.5) is 0 Å². The summed E-state index contributed by atoms with van der Waals surface area (Å²) in [6.07, 6.45) is 6.05. The Hall–Kier alpha value is 0.220. The molecule has 1 atom stereocenters. The highest BCUT2D eigenvalue weighted by atomic mass is 79.9. The van der Waals surface area contributed by atoms with Crippen molar-refractivity contribution in [1.29, 1.82) is 0 Å². The van der Waals surface area contributed by atoms with Crippen LogP contribution in [0.2, 0.25) is 0 Å². The number of hydrogen-bond acceptors (Lipinski definition) is 0. The quantitative estimate of drug-likeness (QED) is 0.485. The second-order valence-electron chi connectivity index (χ2n) is 3.55. The Morgan fingerprint density at radius 1 is 1.70 bits per heavy atom. The summed E-state index contributed by atoms with van der Waals surface area (Å²) in [7, 11) is 0. The van der Waals surface area contributed by atoms with E-state index in [9.17, 15) is 0 Å². The first-order valence-electron chi connectivity index (χ1n) is 3.90. The lowest BCUT2D eigenvalue weighted by atomic mass is 9.84. The number of allylic oxidation sites excluding steroid dienone is 1. The molecule has 0 aromatic rings. The molecule has 1 rings (SSSR count). The molecule has 1 aliphatic carbocycles. The summed E-state index contributed by atoms with van der Waals surface area (Å²) in [4.78, 5) is 0. The molecule has 0 aromatic heterocycles. The van der Waals surface area contributed by atoms with E-state index in [0.29, 0.717) is 5.41 Å². The van der Waals surface area contributed by atoms with Gasteiger partial charge in [-0.1, -0.05) is 28.9 Å². The number of hydrogen-bond donors (Lipinski definition) is 0. The molecule has 0 aliphatic heterocycles. The normalized spacial score (nSPS) is 23.8. The highest BCUT2D eigenvalue weighted by Gasteiger charge is 2.39. The fraction of sp³-hybridized carbons (Fsp3) is 0.778. The molecule has 0 bridgehead atoms. The van der Waals surface area contributed by atoms with Crippen LogP contribution in [-0.2, 0) is 0 Å². The van der Waals surface area contributed by atoms with Crippen molar-refractivity contribution in [3.05, 3.63) is 12.7 Å². The molecule has 1 fully saturated rings. The van der Waals surface area contributed by atoms with Crippen molar-refractivity contribution >= 4 is 15.9 Å². The predicted octanol–water partition coefficient (Wildman–Crippen LogP) is 3.37. The van der Waals surface area contributed by atoms with Crippen molar-refractivity contribution in [3.63, 3.8) is 0 Å². The molecule has 10 heavy (non-hydrogen) atoms. The third kappa shape index (κ3) is 1.63. The molecule has 0 amide bonds. The Morgan fingerprint density at radius 2 is 2.30 bits per heavy atom. The molecule has 58 valence electrons. The summed E-state index contributed by atoms with van der Waals surface area (Å²) < 4.78 is 0. The lowest BCUT2D eigenvalue weighted by Crippen LogP contribution is -2.19. The fourth-order valence-corrected chi connectivity index (χ4v) is 2.13. The zero-order valence-corrected chi connectivity index (χ0v) is 8.15. The summed E-state index contributed by atoms with van der Waals surface area (Å²) in [5.41, 5.74) is 0.502. The summed E-state index contributed by atoms with van der Waals surface area (Å²) >= 11 is 3.57. The lowest BCUT2D eigenvalue weighted by Gasteiger charge is -2.25. The van der Waals surface area contributed by atoms with E-state index in [4.69, 9.17) is 0 Å². The Bertz CT molecular complexity index is 127. The molecule has 0 N–H and O–H groups in total. The SMILES string of the molecule is C=CCC(C)(CBr)C1CC1. The smallest absolute Gasteiger partial charge is 0.00909 e. The standard InChI is InChI=1S/C9H15Br/c1-3-6-9(2,7-10)8-4-5-8/h3,8H,1,4-7H2,2H3. The molecule has 1 saturated carbocycles. The van der Waals surface area contributed by atoms with E-state index in [-0.39, 0.29) is 0 Å². The van der Waals surface area contributed by atoms with E-state index >= 15 is 0 Å². The van der Waals surface area contributed by atoms with Gasteiger partial charge in [0, 0.05) is 5.33 Å². The van der Waals surface area contributed by atoms with Crippen LogP contribution in [0.3, 0.4) is 0 Å². The number of rotatable bonds is 4. The van der Waals surface area contributed by atoms with Gasteiger partial charge >= 0.3 is 0 Å². The maximum Gasteiger partial charge on any atom is 0.00909 e. The highest BCUT2D eigenvalue weighted by Crippen LogP contribution is 2.48. The summed E-state index contributed by atoms with van der Waals surface area (Å²) in [5, 5.41) is 1.12. The van der Waals surface area contributed by atoms with Gasteiger partial charge < -0.3 is 0 Å². The zero-order chi connectivity index (χ0) is 7.61. The van der Waals surface area contributed by atoms with Crippen molar-refractivity contribution in [2.24, 2.45) is 11.3 Å². The topological polar surface area (TPSA) is 0 Å².